The first kappa shape index (κ1) is 17.2. The molecule has 0 radical (unpaired) electrons. The summed E-state index contributed by atoms with van der Waals surface area (Å²) in [5, 5.41) is 3.63. The summed E-state index contributed by atoms with van der Waals surface area (Å²) in [7, 11) is -1.49. The number of nitrogens with zero attached hydrogens (tertiary/aromatic N) is 3. The first-order chi connectivity index (χ1) is 10.9. The number of rotatable bonds is 5. The van der Waals surface area contributed by atoms with Crippen LogP contribution in [0.2, 0.25) is 5.02 Å². The lowest BCUT2D eigenvalue weighted by molar-refractivity contribution is 0.256. The zero-order valence-corrected chi connectivity index (χ0v) is 14.1. The fourth-order valence-electron chi connectivity index (χ4n) is 1.34. The number of thiophene rings is 1. The number of anilines is 1. The summed E-state index contributed by atoms with van der Waals surface area (Å²) in [5.74, 6) is -0.251. The highest BCUT2D eigenvalue weighted by molar-refractivity contribution is 7.92. The molecular weight excluding hydrogens is 370 g/mol. The lowest BCUT2D eigenvalue weighted by Crippen LogP contribution is -2.34. The van der Waals surface area contributed by atoms with Crippen molar-refractivity contribution in [2.75, 3.05) is 19.5 Å². The molecule has 2 N–H and O–H groups in total. The van der Waals surface area contributed by atoms with E-state index in [1.807, 2.05) is 0 Å². The summed E-state index contributed by atoms with van der Waals surface area (Å²) in [6.07, 6.45) is 0. The van der Waals surface area contributed by atoms with Crippen LogP contribution in [0.4, 0.5) is 10.7 Å². The molecule has 13 heteroatoms. The van der Waals surface area contributed by atoms with Gasteiger partial charge in [0, 0.05) is 0 Å². The molecule has 0 aliphatic heterocycles. The topological polar surface area (TPSA) is 132 Å². The Morgan fingerprint density at radius 3 is 2.30 bits per heavy atom. The number of hydrogen-bond donors (Lipinski definition) is 2. The normalized spacial score (nSPS) is 10.9. The van der Waals surface area contributed by atoms with Crippen molar-refractivity contribution < 1.29 is 22.7 Å². The molecule has 2 aromatic rings. The van der Waals surface area contributed by atoms with E-state index in [-0.39, 0.29) is 27.2 Å². The monoisotopic (exact) mass is 379 g/mol. The molecule has 2 heterocycles. The van der Waals surface area contributed by atoms with Gasteiger partial charge in [-0.3, -0.25) is 5.32 Å². The van der Waals surface area contributed by atoms with Crippen LogP contribution < -0.4 is 19.5 Å². The van der Waals surface area contributed by atoms with Gasteiger partial charge in [-0.15, -0.1) is 16.3 Å². The molecule has 0 bridgehead atoms. The number of methoxy groups -OCH3 is 2. The van der Waals surface area contributed by atoms with Crippen molar-refractivity contribution in [2.45, 2.75) is 4.21 Å². The maximum absolute atomic E-state index is 12.0. The summed E-state index contributed by atoms with van der Waals surface area (Å²) in [6.45, 7) is 0. The molecule has 0 saturated heterocycles. The van der Waals surface area contributed by atoms with Crippen molar-refractivity contribution in [3.63, 3.8) is 0 Å². The van der Waals surface area contributed by atoms with E-state index in [9.17, 15) is 13.2 Å². The molecule has 0 atom stereocenters. The molecule has 0 unspecified atom stereocenters. The van der Waals surface area contributed by atoms with Crippen molar-refractivity contribution in [1.82, 2.24) is 19.7 Å². The molecule has 0 spiro atoms. The van der Waals surface area contributed by atoms with Crippen LogP contribution >= 0.6 is 22.9 Å². The van der Waals surface area contributed by atoms with Crippen molar-refractivity contribution in [3.8, 4) is 12.0 Å². The predicted octanol–water partition coefficient (Wildman–Crippen LogP) is 1.11. The zero-order valence-electron chi connectivity index (χ0n) is 11.7. The van der Waals surface area contributed by atoms with E-state index in [1.165, 1.54) is 25.7 Å². The van der Waals surface area contributed by atoms with Gasteiger partial charge in [0.25, 0.3) is 10.0 Å². The van der Waals surface area contributed by atoms with Crippen molar-refractivity contribution in [3.05, 3.63) is 16.5 Å². The highest BCUT2D eigenvalue weighted by Crippen LogP contribution is 2.26. The number of ether oxygens (including phenoxy) is 2. The minimum absolute atomic E-state index is 0.0128. The summed E-state index contributed by atoms with van der Waals surface area (Å²) >= 11 is 6.61. The Morgan fingerprint density at radius 1 is 1.22 bits per heavy atom. The molecule has 0 saturated carbocycles. The molecule has 0 aliphatic carbocycles. The van der Waals surface area contributed by atoms with Crippen LogP contribution in [-0.4, -0.2) is 43.6 Å². The number of carbonyl (C=O) groups is 1. The van der Waals surface area contributed by atoms with Crippen LogP contribution in [-0.2, 0) is 10.0 Å². The van der Waals surface area contributed by atoms with Gasteiger partial charge in [-0.05, 0) is 11.4 Å². The van der Waals surface area contributed by atoms with Gasteiger partial charge in [0.2, 0.25) is 5.95 Å². The number of aromatic nitrogens is 3. The number of sulfonamides is 1. The van der Waals surface area contributed by atoms with Gasteiger partial charge in [0.1, 0.15) is 0 Å². The predicted molar refractivity (Wildman–Crippen MR) is 81.6 cm³/mol. The lowest BCUT2D eigenvalue weighted by Gasteiger charge is -2.08. The molecule has 0 aliphatic rings. The average molecular weight is 380 g/mol. The first-order valence-corrected chi connectivity index (χ1v) is 8.50. The molecular formula is C10H10ClN5O5S2. The highest BCUT2D eigenvalue weighted by Gasteiger charge is 2.23. The molecule has 23 heavy (non-hydrogen) atoms. The summed E-state index contributed by atoms with van der Waals surface area (Å²) in [6, 6.07) is 0.0952. The maximum atomic E-state index is 12.0. The van der Waals surface area contributed by atoms with Gasteiger partial charge in [-0.1, -0.05) is 11.6 Å². The second-order valence-corrected chi connectivity index (χ2v) is 6.95. The second kappa shape index (κ2) is 6.93. The number of amides is 2. The second-order valence-electron chi connectivity index (χ2n) is 3.75. The average Bonchev–Trinajstić information content (AvgIpc) is 2.93. The fourth-order valence-corrected chi connectivity index (χ4v) is 3.94. The SMILES string of the molecule is COc1nc(NC(=O)NS(=O)(=O)c2sccc2Cl)nc(OC)n1. The molecule has 124 valence electrons. The third-order valence-corrected chi connectivity index (χ3v) is 5.59. The molecule has 2 rings (SSSR count). The molecule has 0 aromatic carbocycles. The van der Waals surface area contributed by atoms with Gasteiger partial charge in [-0.25, -0.2) is 17.9 Å². The van der Waals surface area contributed by atoms with E-state index in [4.69, 9.17) is 21.1 Å². The third kappa shape index (κ3) is 4.18. The first-order valence-electron chi connectivity index (χ1n) is 5.76. The van der Waals surface area contributed by atoms with E-state index >= 15 is 0 Å². The van der Waals surface area contributed by atoms with E-state index in [0.29, 0.717) is 0 Å². The minimum Gasteiger partial charge on any atom is -0.467 e. The standard InChI is InChI=1S/C10H10ClN5O5S2/c1-20-9-13-7(14-10(15-9)21-2)12-8(17)16-23(18,19)6-5(11)3-4-22-6/h3-4H,1-2H3,(H2,12,13,14,15,16,17). The van der Waals surface area contributed by atoms with Crippen LogP contribution in [0.5, 0.6) is 12.0 Å². The van der Waals surface area contributed by atoms with Crippen LogP contribution in [0.3, 0.4) is 0 Å². The molecule has 2 aromatic heterocycles. The fraction of sp³-hybridized carbons (Fsp3) is 0.200. The Morgan fingerprint density at radius 2 is 1.83 bits per heavy atom. The van der Waals surface area contributed by atoms with Crippen LogP contribution in [0.25, 0.3) is 0 Å². The lowest BCUT2D eigenvalue weighted by atomic mass is 10.7. The van der Waals surface area contributed by atoms with Crippen molar-refractivity contribution in [1.29, 1.82) is 0 Å². The van der Waals surface area contributed by atoms with E-state index in [1.54, 1.807) is 4.72 Å². The van der Waals surface area contributed by atoms with Crippen LogP contribution in [0, 0.1) is 0 Å². The molecule has 0 fully saturated rings. The number of hydrogen-bond acceptors (Lipinski definition) is 9. The summed E-state index contributed by atoms with van der Waals surface area (Å²) < 4.78 is 35.2. The third-order valence-electron chi connectivity index (χ3n) is 2.24. The van der Waals surface area contributed by atoms with Crippen molar-refractivity contribution in [2.24, 2.45) is 0 Å². The van der Waals surface area contributed by atoms with Crippen LogP contribution in [0.15, 0.2) is 15.7 Å². The van der Waals surface area contributed by atoms with E-state index in [0.717, 1.165) is 11.3 Å². The van der Waals surface area contributed by atoms with Gasteiger partial charge in [0.15, 0.2) is 4.21 Å². The molecule has 2 amide bonds. The van der Waals surface area contributed by atoms with Gasteiger partial charge in [-0.2, -0.15) is 9.97 Å². The number of carbonyl (C=O) groups excluding carboxylic acids is 1. The van der Waals surface area contributed by atoms with Crippen molar-refractivity contribution >= 4 is 44.9 Å². The number of halogens is 1. The molecule has 10 nitrogen and oxygen atoms in total. The quantitative estimate of drug-likeness (QED) is 0.789. The highest BCUT2D eigenvalue weighted by atomic mass is 35.5. The Kier molecular flexibility index (Phi) is 5.18. The Bertz CT molecular complexity index is 803. The minimum atomic E-state index is -4.11. The number of nitrogens with one attached hydrogen (secondary N) is 2. The summed E-state index contributed by atoms with van der Waals surface area (Å²) in [5.41, 5.74) is 0. The Hall–Kier alpha value is -2.18. The largest absolute Gasteiger partial charge is 0.467 e. The number of urea groups is 1. The maximum Gasteiger partial charge on any atom is 0.335 e. The van der Waals surface area contributed by atoms with E-state index in [2.05, 4.69) is 20.3 Å². The van der Waals surface area contributed by atoms with Crippen LogP contribution in [0.1, 0.15) is 0 Å². The van der Waals surface area contributed by atoms with Gasteiger partial charge >= 0.3 is 18.1 Å². The Balaban J connectivity index is 2.15. The van der Waals surface area contributed by atoms with Gasteiger partial charge < -0.3 is 9.47 Å². The van der Waals surface area contributed by atoms with E-state index < -0.39 is 16.1 Å². The van der Waals surface area contributed by atoms with Gasteiger partial charge in [0.05, 0.1) is 19.2 Å². The summed E-state index contributed by atoms with van der Waals surface area (Å²) in [4.78, 5) is 23.0. The smallest absolute Gasteiger partial charge is 0.335 e. The Labute approximate surface area is 139 Å². The zero-order chi connectivity index (χ0) is 17.0.